The summed E-state index contributed by atoms with van der Waals surface area (Å²) in [4.78, 5) is 26.6. The van der Waals surface area contributed by atoms with E-state index in [0.29, 0.717) is 23.7 Å². The summed E-state index contributed by atoms with van der Waals surface area (Å²) >= 11 is 1.52. The number of aliphatic carboxylic acids is 1. The highest BCUT2D eigenvalue weighted by atomic mass is 32.2. The van der Waals surface area contributed by atoms with Gasteiger partial charge < -0.3 is 20.5 Å². The first-order chi connectivity index (χ1) is 9.56. The lowest BCUT2D eigenvalue weighted by Crippen LogP contribution is -2.43. The summed E-state index contributed by atoms with van der Waals surface area (Å²) in [6.45, 7) is 0. The second kappa shape index (κ2) is 8.26. The fraction of sp³-hybridized carbons (Fsp3) is 0.417. The van der Waals surface area contributed by atoms with Crippen LogP contribution in [0.25, 0.3) is 0 Å². The van der Waals surface area contributed by atoms with Crippen molar-refractivity contribution in [1.82, 2.24) is 10.3 Å². The van der Waals surface area contributed by atoms with Crippen molar-refractivity contribution in [3.8, 4) is 5.88 Å². The third kappa shape index (κ3) is 5.35. The summed E-state index contributed by atoms with van der Waals surface area (Å²) in [6.07, 6.45) is 3.67. The zero-order chi connectivity index (χ0) is 15.0. The molecule has 0 unspecified atom stereocenters. The third-order valence-corrected chi connectivity index (χ3v) is 3.06. The highest BCUT2D eigenvalue weighted by Gasteiger charge is 2.19. The van der Waals surface area contributed by atoms with E-state index in [2.05, 4.69) is 15.6 Å². The minimum Gasteiger partial charge on any atom is -0.481 e. The maximum Gasteiger partial charge on any atom is 0.326 e. The normalized spacial score (nSPS) is 11.5. The van der Waals surface area contributed by atoms with Gasteiger partial charge in [0.15, 0.2) is 0 Å². The number of anilines is 1. The first-order valence-corrected chi connectivity index (χ1v) is 7.25. The Hall–Kier alpha value is -1.96. The van der Waals surface area contributed by atoms with Gasteiger partial charge in [0.2, 0.25) is 5.88 Å². The van der Waals surface area contributed by atoms with Crippen LogP contribution in [0, 0.1) is 0 Å². The van der Waals surface area contributed by atoms with Gasteiger partial charge in [0.1, 0.15) is 6.04 Å². The van der Waals surface area contributed by atoms with Crippen molar-refractivity contribution in [1.29, 1.82) is 0 Å². The Kier molecular flexibility index (Phi) is 6.65. The molecule has 0 bridgehead atoms. The molecule has 2 amide bonds. The highest BCUT2D eigenvalue weighted by Crippen LogP contribution is 2.10. The van der Waals surface area contributed by atoms with Crippen LogP contribution in [-0.4, -0.2) is 47.3 Å². The van der Waals surface area contributed by atoms with E-state index in [1.54, 1.807) is 12.1 Å². The summed E-state index contributed by atoms with van der Waals surface area (Å²) in [6, 6.07) is 1.72. The molecule has 7 nitrogen and oxygen atoms in total. The number of carbonyl (C=O) groups excluding carboxylic acids is 1. The number of hydrogen-bond donors (Lipinski definition) is 3. The summed E-state index contributed by atoms with van der Waals surface area (Å²) in [5.74, 6) is 0.0304. The van der Waals surface area contributed by atoms with Gasteiger partial charge in [-0.25, -0.2) is 14.6 Å². The lowest BCUT2D eigenvalue weighted by Gasteiger charge is -2.14. The number of amides is 2. The Bertz CT molecular complexity index is 453. The Morgan fingerprint density at radius 2 is 2.25 bits per heavy atom. The van der Waals surface area contributed by atoms with Crippen LogP contribution in [0.4, 0.5) is 10.5 Å². The van der Waals surface area contributed by atoms with Gasteiger partial charge in [-0.15, -0.1) is 0 Å². The van der Waals surface area contributed by atoms with E-state index in [0.717, 1.165) is 0 Å². The number of aromatic nitrogens is 1. The summed E-state index contributed by atoms with van der Waals surface area (Å²) in [7, 11) is 1.49. The minimum atomic E-state index is -1.05. The van der Waals surface area contributed by atoms with Crippen molar-refractivity contribution in [2.75, 3.05) is 24.4 Å². The van der Waals surface area contributed by atoms with Gasteiger partial charge in [0.25, 0.3) is 0 Å². The number of nitrogens with zero attached hydrogens (tertiary/aromatic N) is 1. The van der Waals surface area contributed by atoms with E-state index in [4.69, 9.17) is 9.84 Å². The topological polar surface area (TPSA) is 101 Å². The average Bonchev–Trinajstić information content (AvgIpc) is 2.44. The molecule has 1 heterocycles. The van der Waals surface area contributed by atoms with Crippen LogP contribution in [-0.2, 0) is 4.79 Å². The molecule has 20 heavy (non-hydrogen) atoms. The number of rotatable bonds is 7. The number of pyridine rings is 1. The molecular formula is C12H17N3O4S. The summed E-state index contributed by atoms with van der Waals surface area (Å²) in [5, 5.41) is 13.9. The van der Waals surface area contributed by atoms with E-state index in [1.807, 2.05) is 6.26 Å². The molecule has 0 aromatic carbocycles. The largest absolute Gasteiger partial charge is 0.481 e. The van der Waals surface area contributed by atoms with Crippen LogP contribution in [0.15, 0.2) is 18.3 Å². The van der Waals surface area contributed by atoms with Crippen LogP contribution in [0.5, 0.6) is 5.88 Å². The van der Waals surface area contributed by atoms with Gasteiger partial charge in [0, 0.05) is 6.07 Å². The Morgan fingerprint density at radius 1 is 1.50 bits per heavy atom. The average molecular weight is 299 g/mol. The molecule has 0 radical (unpaired) electrons. The molecule has 0 aliphatic carbocycles. The lowest BCUT2D eigenvalue weighted by molar-refractivity contribution is -0.139. The quantitative estimate of drug-likeness (QED) is 0.704. The number of methoxy groups -OCH3 is 1. The van der Waals surface area contributed by atoms with Crippen molar-refractivity contribution in [2.45, 2.75) is 12.5 Å². The molecule has 1 rings (SSSR count). The second-order valence-electron chi connectivity index (χ2n) is 3.86. The van der Waals surface area contributed by atoms with E-state index >= 15 is 0 Å². The van der Waals surface area contributed by atoms with Gasteiger partial charge in [-0.1, -0.05) is 0 Å². The van der Waals surface area contributed by atoms with Crippen molar-refractivity contribution >= 4 is 29.4 Å². The standard InChI is InChI=1S/C12H17N3O4S/c1-19-10-4-3-8(7-13-10)14-12(18)15-9(11(16)17)5-6-20-2/h3-4,7,9H,5-6H2,1-2H3,(H,16,17)(H2,14,15,18)/t9-/m0/s1. The first-order valence-electron chi connectivity index (χ1n) is 5.86. The van der Waals surface area contributed by atoms with Gasteiger partial charge in [-0.3, -0.25) is 0 Å². The molecule has 110 valence electrons. The zero-order valence-corrected chi connectivity index (χ0v) is 12.1. The number of nitrogens with one attached hydrogen (secondary N) is 2. The molecule has 8 heteroatoms. The van der Waals surface area contributed by atoms with E-state index < -0.39 is 18.0 Å². The fourth-order valence-electron chi connectivity index (χ4n) is 1.39. The van der Waals surface area contributed by atoms with Gasteiger partial charge >= 0.3 is 12.0 Å². The number of carboxylic acid groups (broad SMARTS) is 1. The number of carbonyl (C=O) groups is 2. The van der Waals surface area contributed by atoms with Crippen molar-refractivity contribution < 1.29 is 19.4 Å². The van der Waals surface area contributed by atoms with Crippen LogP contribution in [0.3, 0.4) is 0 Å². The number of ether oxygens (including phenoxy) is 1. The zero-order valence-electron chi connectivity index (χ0n) is 11.3. The summed E-state index contributed by atoms with van der Waals surface area (Å²) < 4.78 is 4.89. The van der Waals surface area contributed by atoms with Gasteiger partial charge in [-0.2, -0.15) is 11.8 Å². The first kappa shape index (κ1) is 16.1. The Morgan fingerprint density at radius 3 is 2.75 bits per heavy atom. The van der Waals surface area contributed by atoms with Crippen molar-refractivity contribution in [3.05, 3.63) is 18.3 Å². The number of hydrogen-bond acceptors (Lipinski definition) is 5. The van der Waals surface area contributed by atoms with Crippen LogP contribution in [0.1, 0.15) is 6.42 Å². The number of carboxylic acids is 1. The van der Waals surface area contributed by atoms with E-state index in [1.165, 1.54) is 25.1 Å². The molecule has 1 atom stereocenters. The van der Waals surface area contributed by atoms with Gasteiger partial charge in [-0.05, 0) is 24.5 Å². The number of urea groups is 1. The van der Waals surface area contributed by atoms with Crippen molar-refractivity contribution in [3.63, 3.8) is 0 Å². The van der Waals surface area contributed by atoms with Crippen LogP contribution in [0.2, 0.25) is 0 Å². The smallest absolute Gasteiger partial charge is 0.326 e. The lowest BCUT2D eigenvalue weighted by atomic mass is 10.2. The molecule has 1 aromatic rings. The molecule has 0 aliphatic heterocycles. The third-order valence-electron chi connectivity index (χ3n) is 2.42. The number of thioether (sulfide) groups is 1. The second-order valence-corrected chi connectivity index (χ2v) is 4.85. The predicted molar refractivity (Wildman–Crippen MR) is 77.4 cm³/mol. The molecule has 0 saturated heterocycles. The molecule has 0 fully saturated rings. The molecule has 0 saturated carbocycles. The maximum absolute atomic E-state index is 11.7. The monoisotopic (exact) mass is 299 g/mol. The fourth-order valence-corrected chi connectivity index (χ4v) is 1.86. The maximum atomic E-state index is 11.7. The van der Waals surface area contributed by atoms with Crippen LogP contribution < -0.4 is 15.4 Å². The molecule has 0 spiro atoms. The van der Waals surface area contributed by atoms with Crippen molar-refractivity contribution in [2.24, 2.45) is 0 Å². The molecular weight excluding hydrogens is 282 g/mol. The Balaban J connectivity index is 2.53. The Labute approximate surface area is 121 Å². The van der Waals surface area contributed by atoms with Crippen LogP contribution >= 0.6 is 11.8 Å². The predicted octanol–water partition coefficient (Wildman–Crippen LogP) is 1.42. The highest BCUT2D eigenvalue weighted by molar-refractivity contribution is 7.98. The SMILES string of the molecule is COc1ccc(NC(=O)N[C@@H](CCSC)C(=O)O)cn1. The van der Waals surface area contributed by atoms with E-state index in [-0.39, 0.29) is 0 Å². The van der Waals surface area contributed by atoms with E-state index in [9.17, 15) is 9.59 Å². The summed E-state index contributed by atoms with van der Waals surface area (Å²) in [5.41, 5.74) is 0.456. The van der Waals surface area contributed by atoms with Gasteiger partial charge in [0.05, 0.1) is 19.0 Å². The molecule has 0 aliphatic rings. The molecule has 1 aromatic heterocycles. The minimum absolute atomic E-state index is 0.366. The molecule has 3 N–H and O–H groups in total.